The highest BCUT2D eigenvalue weighted by Gasteiger charge is 1.94. The topological polar surface area (TPSA) is 52.9 Å². The molecule has 0 aliphatic heterocycles. The third-order valence-electron chi connectivity index (χ3n) is 1.33. The molecule has 3 nitrogen and oxygen atoms in total. The first-order chi connectivity index (χ1) is 6.72. The molecule has 0 aliphatic carbocycles. The molecule has 0 radical (unpaired) electrons. The van der Waals surface area contributed by atoms with Gasteiger partial charge in [-0.25, -0.2) is 0 Å². The highest BCUT2D eigenvalue weighted by Crippen LogP contribution is 2.07. The normalized spacial score (nSPS) is 7.33. The van der Waals surface area contributed by atoms with Crippen molar-refractivity contribution in [2.45, 2.75) is 28.2 Å². The third-order valence-corrected chi connectivity index (χ3v) is 1.33. The predicted octanol–water partition coefficient (Wildman–Crippen LogP) is 3.18. The van der Waals surface area contributed by atoms with Gasteiger partial charge < -0.3 is 5.32 Å². The van der Waals surface area contributed by atoms with Crippen LogP contribution in [0.4, 0.5) is 5.69 Å². The lowest BCUT2D eigenvalue weighted by atomic mass is 10.2. The van der Waals surface area contributed by atoms with Crippen LogP contribution in [0.3, 0.4) is 0 Å². The van der Waals surface area contributed by atoms with E-state index in [-0.39, 0.29) is 13.3 Å². The molecule has 0 aromatic heterocycles. The maximum absolute atomic E-state index is 10.6. The van der Waals surface area contributed by atoms with Gasteiger partial charge >= 0.3 is 0 Å². The van der Waals surface area contributed by atoms with Crippen LogP contribution in [-0.4, -0.2) is 5.91 Å². The van der Waals surface area contributed by atoms with Crippen LogP contribution in [-0.2, 0) is 4.79 Å². The maximum atomic E-state index is 10.6. The number of hydrogen-bond acceptors (Lipinski definition) is 2. The fourth-order valence-electron chi connectivity index (χ4n) is 0.831. The number of carbonyl (C=O) groups is 1. The summed E-state index contributed by atoms with van der Waals surface area (Å²) in [6, 6.07) is 8.70. The van der Waals surface area contributed by atoms with Gasteiger partial charge in [0.05, 0.1) is 11.6 Å². The molecule has 1 aromatic rings. The SMILES string of the molecule is C.CC.CC(=O)Nc1ccc(C#N)cc1. The number of anilines is 1. The summed E-state index contributed by atoms with van der Waals surface area (Å²) in [5.74, 6) is -0.111. The van der Waals surface area contributed by atoms with Crippen LogP contribution in [0, 0.1) is 11.3 Å². The van der Waals surface area contributed by atoms with Crippen molar-refractivity contribution < 1.29 is 4.79 Å². The Morgan fingerprint density at radius 2 is 1.73 bits per heavy atom. The van der Waals surface area contributed by atoms with Crippen molar-refractivity contribution in [3.8, 4) is 6.07 Å². The van der Waals surface area contributed by atoms with Gasteiger partial charge in [0, 0.05) is 12.6 Å². The lowest BCUT2D eigenvalue weighted by molar-refractivity contribution is -0.114. The van der Waals surface area contributed by atoms with Crippen molar-refractivity contribution in [2.24, 2.45) is 0 Å². The van der Waals surface area contributed by atoms with Crippen molar-refractivity contribution >= 4 is 11.6 Å². The Morgan fingerprint density at radius 1 is 1.27 bits per heavy atom. The molecular weight excluding hydrogens is 188 g/mol. The molecule has 0 bridgehead atoms. The molecule has 0 heterocycles. The summed E-state index contributed by atoms with van der Waals surface area (Å²) in [6.07, 6.45) is 0. The second-order valence-electron chi connectivity index (χ2n) is 2.37. The number of rotatable bonds is 1. The number of amides is 1. The number of benzene rings is 1. The second-order valence-corrected chi connectivity index (χ2v) is 2.37. The van der Waals surface area contributed by atoms with E-state index < -0.39 is 0 Å². The van der Waals surface area contributed by atoms with E-state index in [4.69, 9.17) is 5.26 Å². The van der Waals surface area contributed by atoms with Crippen molar-refractivity contribution in [3.63, 3.8) is 0 Å². The Labute approximate surface area is 91.7 Å². The van der Waals surface area contributed by atoms with E-state index in [0.29, 0.717) is 11.3 Å². The van der Waals surface area contributed by atoms with Gasteiger partial charge in [0.15, 0.2) is 0 Å². The molecule has 1 N–H and O–H groups in total. The van der Waals surface area contributed by atoms with Crippen LogP contribution < -0.4 is 5.32 Å². The summed E-state index contributed by atoms with van der Waals surface area (Å²) in [7, 11) is 0. The average Bonchev–Trinajstić information content (AvgIpc) is 2.21. The largest absolute Gasteiger partial charge is 0.326 e. The smallest absolute Gasteiger partial charge is 0.221 e. The summed E-state index contributed by atoms with van der Waals surface area (Å²) in [5, 5.41) is 11.1. The van der Waals surface area contributed by atoms with E-state index in [9.17, 15) is 4.79 Å². The molecule has 0 aliphatic rings. The van der Waals surface area contributed by atoms with E-state index in [1.807, 2.05) is 19.9 Å². The van der Waals surface area contributed by atoms with Crippen molar-refractivity contribution in [1.82, 2.24) is 0 Å². The summed E-state index contributed by atoms with van der Waals surface area (Å²) < 4.78 is 0. The van der Waals surface area contributed by atoms with E-state index in [1.54, 1.807) is 24.3 Å². The van der Waals surface area contributed by atoms with Gasteiger partial charge in [-0.3, -0.25) is 4.79 Å². The summed E-state index contributed by atoms with van der Waals surface area (Å²) in [5.41, 5.74) is 1.30. The van der Waals surface area contributed by atoms with Gasteiger partial charge in [-0.05, 0) is 24.3 Å². The van der Waals surface area contributed by atoms with Crippen molar-refractivity contribution in [2.75, 3.05) is 5.32 Å². The fraction of sp³-hybridized carbons (Fsp3) is 0.333. The molecule has 0 spiro atoms. The number of nitrogens with zero attached hydrogens (tertiary/aromatic N) is 1. The van der Waals surface area contributed by atoms with Gasteiger partial charge in [-0.1, -0.05) is 21.3 Å². The Bertz CT molecular complexity index is 322. The van der Waals surface area contributed by atoms with Gasteiger partial charge in [0.25, 0.3) is 0 Å². The molecule has 3 heteroatoms. The van der Waals surface area contributed by atoms with Crippen LogP contribution in [0.1, 0.15) is 33.8 Å². The van der Waals surface area contributed by atoms with Crippen LogP contribution in [0.2, 0.25) is 0 Å². The molecule has 0 unspecified atom stereocenters. The highest BCUT2D eigenvalue weighted by atomic mass is 16.1. The van der Waals surface area contributed by atoms with Crippen molar-refractivity contribution in [3.05, 3.63) is 29.8 Å². The Morgan fingerprint density at radius 3 is 2.07 bits per heavy atom. The fourth-order valence-corrected chi connectivity index (χ4v) is 0.831. The Balaban J connectivity index is 0. The molecule has 0 saturated carbocycles. The number of nitriles is 1. The molecule has 1 amide bonds. The first-order valence-corrected chi connectivity index (χ1v) is 4.50. The number of hydrogen-bond donors (Lipinski definition) is 1. The lowest BCUT2D eigenvalue weighted by Crippen LogP contribution is -2.05. The van der Waals surface area contributed by atoms with Gasteiger partial charge in [0.2, 0.25) is 5.91 Å². The minimum atomic E-state index is -0.111. The third kappa shape index (κ3) is 6.28. The lowest BCUT2D eigenvalue weighted by Gasteiger charge is -1.99. The molecule has 0 saturated heterocycles. The highest BCUT2D eigenvalue weighted by molar-refractivity contribution is 5.88. The summed E-state index contributed by atoms with van der Waals surface area (Å²) in [6.45, 7) is 5.44. The molecule has 15 heavy (non-hydrogen) atoms. The van der Waals surface area contributed by atoms with E-state index >= 15 is 0 Å². The zero-order valence-electron chi connectivity index (χ0n) is 8.66. The van der Waals surface area contributed by atoms with Gasteiger partial charge in [0.1, 0.15) is 0 Å². The standard InChI is InChI=1S/C9H8N2O.C2H6.CH4/c1-7(12)11-9-4-2-8(6-10)3-5-9;1-2;/h2-5H,1H3,(H,11,12);1-2H3;1H4. The minimum absolute atomic E-state index is 0. The van der Waals surface area contributed by atoms with Crippen LogP contribution in [0.5, 0.6) is 0 Å². The molecule has 1 aromatic carbocycles. The number of nitrogens with one attached hydrogen (secondary N) is 1. The zero-order chi connectivity index (χ0) is 11.0. The molecular formula is C12H18N2O. The molecule has 0 fully saturated rings. The molecule has 82 valence electrons. The minimum Gasteiger partial charge on any atom is -0.326 e. The molecule has 0 atom stereocenters. The van der Waals surface area contributed by atoms with Crippen LogP contribution in [0.25, 0.3) is 0 Å². The first-order valence-electron chi connectivity index (χ1n) is 4.50. The zero-order valence-corrected chi connectivity index (χ0v) is 8.66. The molecule has 1 rings (SSSR count). The number of carbonyl (C=O) groups excluding carboxylic acids is 1. The van der Waals surface area contributed by atoms with E-state index in [2.05, 4.69) is 5.32 Å². The van der Waals surface area contributed by atoms with Gasteiger partial charge in [-0.2, -0.15) is 5.26 Å². The summed E-state index contributed by atoms with van der Waals surface area (Å²) in [4.78, 5) is 10.6. The Hall–Kier alpha value is -1.82. The average molecular weight is 206 g/mol. The van der Waals surface area contributed by atoms with E-state index in [1.165, 1.54) is 6.92 Å². The summed E-state index contributed by atoms with van der Waals surface area (Å²) >= 11 is 0. The predicted molar refractivity (Wildman–Crippen MR) is 63.5 cm³/mol. The van der Waals surface area contributed by atoms with Crippen LogP contribution in [0.15, 0.2) is 24.3 Å². The first kappa shape index (κ1) is 15.6. The Kier molecular flexibility index (Phi) is 9.14. The monoisotopic (exact) mass is 206 g/mol. The maximum Gasteiger partial charge on any atom is 0.221 e. The van der Waals surface area contributed by atoms with Gasteiger partial charge in [-0.15, -0.1) is 0 Å². The van der Waals surface area contributed by atoms with Crippen LogP contribution >= 0.6 is 0 Å². The van der Waals surface area contributed by atoms with Crippen molar-refractivity contribution in [1.29, 1.82) is 5.26 Å². The second kappa shape index (κ2) is 8.76. The van der Waals surface area contributed by atoms with E-state index in [0.717, 1.165) is 0 Å². The quantitative estimate of drug-likeness (QED) is 0.767.